The minimum absolute atomic E-state index is 0. The third-order valence-corrected chi connectivity index (χ3v) is 3.30. The molecule has 0 atom stereocenters. The maximum Gasteiger partial charge on any atom is 0.171 e. The van der Waals surface area contributed by atoms with Crippen LogP contribution in [0, 0.1) is 6.07 Å². The molecule has 0 aliphatic carbocycles. The second-order valence-corrected chi connectivity index (χ2v) is 5.14. The average Bonchev–Trinajstić information content (AvgIpc) is 2.70. The quantitative estimate of drug-likeness (QED) is 0.399. The molecule has 27 heavy (non-hydrogen) atoms. The Kier molecular flexibility index (Phi) is 7.55. The van der Waals surface area contributed by atoms with Crippen molar-refractivity contribution in [3.05, 3.63) is 106 Å². The van der Waals surface area contributed by atoms with E-state index in [0.29, 0.717) is 11.4 Å². The summed E-state index contributed by atoms with van der Waals surface area (Å²) in [6.07, 6.45) is 3.36. The van der Waals surface area contributed by atoms with Gasteiger partial charge in [-0.1, -0.05) is 18.2 Å². The second kappa shape index (κ2) is 10.1. The van der Waals surface area contributed by atoms with Crippen LogP contribution in [-0.2, 0) is 20.1 Å². The largest absolute Gasteiger partial charge is 0.399 e. The van der Waals surface area contributed by atoms with Crippen LogP contribution >= 0.6 is 0 Å². The molecule has 1 radical (unpaired) electrons. The summed E-state index contributed by atoms with van der Waals surface area (Å²) in [5.41, 5.74) is 1.69. The molecule has 137 valence electrons. The number of benzene rings is 1. The first-order valence-electron chi connectivity index (χ1n) is 7.80. The van der Waals surface area contributed by atoms with Crippen LogP contribution in [0.2, 0.25) is 0 Å². The van der Waals surface area contributed by atoms with Gasteiger partial charge in [-0.25, -0.2) is 0 Å². The predicted octanol–water partition coefficient (Wildman–Crippen LogP) is 2.30. The Bertz CT molecular complexity index is 1000. The molecular formula is C20H14IrN4O2-2. The first-order valence-corrected chi connectivity index (χ1v) is 7.80. The molecule has 3 heterocycles. The van der Waals surface area contributed by atoms with E-state index in [1.165, 1.54) is 6.07 Å². The maximum absolute atomic E-state index is 11.0. The van der Waals surface area contributed by atoms with E-state index in [4.69, 9.17) is 0 Å². The molecule has 1 aromatic carbocycles. The van der Waals surface area contributed by atoms with E-state index in [2.05, 4.69) is 21.0 Å². The molecule has 1 N–H and O–H groups in total. The predicted molar refractivity (Wildman–Crippen MR) is 98.4 cm³/mol. The molecule has 4 rings (SSSR count). The van der Waals surface area contributed by atoms with Gasteiger partial charge in [-0.05, 0) is 35.7 Å². The zero-order valence-electron chi connectivity index (χ0n) is 14.0. The molecule has 0 amide bonds. The van der Waals surface area contributed by atoms with Crippen molar-refractivity contribution in [1.82, 2.24) is 19.9 Å². The number of aromatic amines is 1. The standard InChI is InChI=1S/C11H8N.C9H7N3O2.Ir/c1-2-6-10(7-3-1)11-8-4-5-9-12-11;13-8-5-7(11-9(14)12-8)6-3-1-2-4-10-6;/h1-6,8-9H;1-5H,(H2,11,12,13,14);/q-1;;/p-1. The van der Waals surface area contributed by atoms with Crippen LogP contribution in [-0.4, -0.2) is 15.0 Å². The molecule has 0 unspecified atom stereocenters. The van der Waals surface area contributed by atoms with Gasteiger partial charge in [-0.2, -0.15) is 0 Å². The average molecular weight is 535 g/mol. The number of H-pyrrole nitrogens is 1. The van der Waals surface area contributed by atoms with Crippen LogP contribution in [0.5, 0.6) is 0 Å². The summed E-state index contributed by atoms with van der Waals surface area (Å²) in [5, 5.41) is 0. The number of hydrogen-bond donors (Lipinski definition) is 1. The van der Waals surface area contributed by atoms with Crippen molar-refractivity contribution in [2.24, 2.45) is 0 Å². The Morgan fingerprint density at radius 1 is 0.852 bits per heavy atom. The molecule has 0 aliphatic heterocycles. The summed E-state index contributed by atoms with van der Waals surface area (Å²) in [6, 6.07) is 23.2. The van der Waals surface area contributed by atoms with Crippen molar-refractivity contribution < 1.29 is 20.1 Å². The minimum atomic E-state index is -0.654. The zero-order chi connectivity index (χ0) is 18.2. The molecule has 4 aromatic rings. The number of aromatic nitrogens is 4. The van der Waals surface area contributed by atoms with Crippen molar-refractivity contribution in [3.63, 3.8) is 0 Å². The van der Waals surface area contributed by atoms with E-state index in [-0.39, 0.29) is 20.1 Å². The van der Waals surface area contributed by atoms with Gasteiger partial charge in [-0.15, -0.1) is 35.9 Å². The molecule has 6 nitrogen and oxygen atoms in total. The summed E-state index contributed by atoms with van der Waals surface area (Å²) in [7, 11) is 0. The molecule has 0 fully saturated rings. The molecule has 0 saturated heterocycles. The van der Waals surface area contributed by atoms with Gasteiger partial charge in [0.25, 0.3) is 0 Å². The fourth-order valence-electron chi connectivity index (χ4n) is 2.16. The Balaban J connectivity index is 0.000000189. The molecule has 0 aliphatic rings. The molecule has 3 aromatic heterocycles. The normalized spacial score (nSPS) is 9.48. The first-order chi connectivity index (χ1) is 12.7. The van der Waals surface area contributed by atoms with E-state index in [1.807, 2.05) is 47.4 Å². The van der Waals surface area contributed by atoms with Crippen LogP contribution in [0.3, 0.4) is 0 Å². The smallest absolute Gasteiger partial charge is 0.171 e. The van der Waals surface area contributed by atoms with Crippen LogP contribution < -0.4 is 16.2 Å². The van der Waals surface area contributed by atoms with Crippen molar-refractivity contribution in [1.29, 1.82) is 0 Å². The van der Waals surface area contributed by atoms with Crippen molar-refractivity contribution in [2.45, 2.75) is 0 Å². The summed E-state index contributed by atoms with van der Waals surface area (Å²) in [6.45, 7) is 0. The van der Waals surface area contributed by atoms with E-state index >= 15 is 0 Å². The summed E-state index contributed by atoms with van der Waals surface area (Å²) in [5.74, 6) is 0. The molecule has 7 heteroatoms. The van der Waals surface area contributed by atoms with Crippen molar-refractivity contribution in [3.8, 4) is 22.6 Å². The van der Waals surface area contributed by atoms with Gasteiger partial charge in [0.2, 0.25) is 0 Å². The van der Waals surface area contributed by atoms with E-state index in [0.717, 1.165) is 11.3 Å². The van der Waals surface area contributed by atoms with Gasteiger partial charge < -0.3 is 15.0 Å². The Labute approximate surface area is 168 Å². The van der Waals surface area contributed by atoms with Crippen LogP contribution in [0.25, 0.3) is 22.6 Å². The van der Waals surface area contributed by atoms with Gasteiger partial charge >= 0.3 is 0 Å². The Morgan fingerprint density at radius 3 is 2.07 bits per heavy atom. The maximum atomic E-state index is 11.0. The van der Waals surface area contributed by atoms with Gasteiger partial charge in [-0.3, -0.25) is 14.6 Å². The zero-order valence-corrected chi connectivity index (χ0v) is 16.4. The summed E-state index contributed by atoms with van der Waals surface area (Å²) >= 11 is 0. The Hall–Kier alpha value is -3.15. The minimum Gasteiger partial charge on any atom is -0.399 e. The topological polar surface area (TPSA) is 89.8 Å². The van der Waals surface area contributed by atoms with Crippen molar-refractivity contribution in [2.75, 3.05) is 0 Å². The monoisotopic (exact) mass is 535 g/mol. The fraction of sp³-hybridized carbons (Fsp3) is 0. The van der Waals surface area contributed by atoms with Crippen LogP contribution in [0.1, 0.15) is 0 Å². The van der Waals surface area contributed by atoms with Gasteiger partial charge in [0, 0.05) is 32.5 Å². The number of nitrogens with zero attached hydrogens (tertiary/aromatic N) is 3. The van der Waals surface area contributed by atoms with Gasteiger partial charge in [0.1, 0.15) is 0 Å². The fourth-order valence-corrected chi connectivity index (χ4v) is 2.16. The van der Waals surface area contributed by atoms with E-state index < -0.39 is 11.2 Å². The van der Waals surface area contributed by atoms with E-state index in [9.17, 15) is 9.59 Å². The Morgan fingerprint density at radius 2 is 1.52 bits per heavy atom. The summed E-state index contributed by atoms with van der Waals surface area (Å²) in [4.78, 5) is 35.7. The third kappa shape index (κ3) is 5.95. The second-order valence-electron chi connectivity index (χ2n) is 5.14. The van der Waals surface area contributed by atoms with Crippen LogP contribution in [0.4, 0.5) is 0 Å². The number of pyridine rings is 2. The van der Waals surface area contributed by atoms with Gasteiger partial charge in [0.05, 0.1) is 5.69 Å². The van der Waals surface area contributed by atoms with Crippen LogP contribution in [0.15, 0.2) is 88.7 Å². The third-order valence-electron chi connectivity index (χ3n) is 3.30. The van der Waals surface area contributed by atoms with Crippen molar-refractivity contribution >= 4 is 0 Å². The van der Waals surface area contributed by atoms with Gasteiger partial charge in [0.15, 0.2) is 11.2 Å². The number of hydrogen-bond acceptors (Lipinski definition) is 4. The number of rotatable bonds is 2. The van der Waals surface area contributed by atoms with E-state index in [1.54, 1.807) is 30.6 Å². The SMILES string of the molecule is O=c1cc(-c2ccccn2)[n-]c(=O)[nH]1.[Ir].[c-]1ccccc1-c1ccccn1. The molecule has 0 spiro atoms. The molecular weight excluding hydrogens is 520 g/mol. The summed E-state index contributed by atoms with van der Waals surface area (Å²) < 4.78 is 0. The number of nitrogens with one attached hydrogen (secondary N) is 1. The molecule has 0 bridgehead atoms. The first kappa shape index (κ1) is 20.2. The molecule has 0 saturated carbocycles.